The summed E-state index contributed by atoms with van der Waals surface area (Å²) in [7, 11) is 2.20. The van der Waals surface area contributed by atoms with E-state index in [1.807, 2.05) is 0 Å². The normalized spacial score (nSPS) is 13.2. The lowest BCUT2D eigenvalue weighted by molar-refractivity contribution is -0.394. The van der Waals surface area contributed by atoms with E-state index in [1.54, 1.807) is 0 Å². The molecule has 0 atom stereocenters. The van der Waals surface area contributed by atoms with Crippen molar-refractivity contribution in [2.75, 3.05) is 19.1 Å². The first-order valence-electron chi connectivity index (χ1n) is 7.71. The lowest BCUT2D eigenvalue weighted by atomic mass is 10.1. The SMILES string of the molecule is COC(=O)C1=C(C(=O)OC)N(c2cc([N+](=O)[O-])cc([N+](=O)[O-])c2C)C=CC=C1. The van der Waals surface area contributed by atoms with Crippen LogP contribution in [0.4, 0.5) is 17.1 Å². The first kappa shape index (κ1) is 20.3. The fourth-order valence-electron chi connectivity index (χ4n) is 2.57. The number of carbonyl (C=O) groups is 2. The van der Waals surface area contributed by atoms with E-state index in [2.05, 4.69) is 4.74 Å². The Labute approximate surface area is 158 Å². The number of nitro benzene ring substituents is 2. The second-order valence-electron chi connectivity index (χ2n) is 5.44. The van der Waals surface area contributed by atoms with Crippen molar-refractivity contribution in [2.24, 2.45) is 0 Å². The van der Waals surface area contributed by atoms with Crippen LogP contribution in [0.5, 0.6) is 0 Å². The number of non-ortho nitro benzene ring substituents is 1. The Hall–Kier alpha value is -4.02. The molecular weight excluding hydrogens is 374 g/mol. The van der Waals surface area contributed by atoms with Crippen LogP contribution >= 0.6 is 0 Å². The fraction of sp³-hybridized carbons (Fsp3) is 0.176. The molecule has 0 saturated carbocycles. The lowest BCUT2D eigenvalue weighted by Crippen LogP contribution is -2.27. The average Bonchev–Trinajstić information content (AvgIpc) is 2.89. The molecule has 0 spiro atoms. The van der Waals surface area contributed by atoms with Gasteiger partial charge in [0.15, 0.2) is 0 Å². The highest BCUT2D eigenvalue weighted by atomic mass is 16.6. The quantitative estimate of drug-likeness (QED) is 0.421. The van der Waals surface area contributed by atoms with Gasteiger partial charge in [0.1, 0.15) is 5.70 Å². The molecule has 1 aromatic rings. The van der Waals surface area contributed by atoms with E-state index in [1.165, 1.54) is 31.4 Å². The largest absolute Gasteiger partial charge is 0.465 e. The summed E-state index contributed by atoms with van der Waals surface area (Å²) < 4.78 is 9.42. The van der Waals surface area contributed by atoms with E-state index < -0.39 is 33.2 Å². The van der Waals surface area contributed by atoms with Gasteiger partial charge < -0.3 is 14.4 Å². The lowest BCUT2D eigenvalue weighted by Gasteiger charge is -2.24. The minimum atomic E-state index is -0.940. The fourth-order valence-corrected chi connectivity index (χ4v) is 2.57. The summed E-state index contributed by atoms with van der Waals surface area (Å²) in [6, 6.07) is 1.89. The highest BCUT2D eigenvalue weighted by molar-refractivity contribution is 6.05. The van der Waals surface area contributed by atoms with E-state index >= 15 is 0 Å². The zero-order valence-corrected chi connectivity index (χ0v) is 15.1. The minimum Gasteiger partial charge on any atom is -0.465 e. The summed E-state index contributed by atoms with van der Waals surface area (Å²) in [5, 5.41) is 22.6. The molecule has 11 heteroatoms. The molecule has 0 saturated heterocycles. The maximum absolute atomic E-state index is 12.4. The third kappa shape index (κ3) is 3.72. The van der Waals surface area contributed by atoms with Crippen LogP contribution in [0.25, 0.3) is 0 Å². The van der Waals surface area contributed by atoms with Crippen molar-refractivity contribution < 1.29 is 28.9 Å². The van der Waals surface area contributed by atoms with Crippen molar-refractivity contribution in [1.82, 2.24) is 0 Å². The molecular formula is C17H15N3O8. The number of benzene rings is 1. The third-order valence-corrected chi connectivity index (χ3v) is 3.89. The Morgan fingerprint density at radius 1 is 1.00 bits per heavy atom. The number of nitro groups is 2. The molecule has 2 rings (SSSR count). The van der Waals surface area contributed by atoms with Gasteiger partial charge in [-0.05, 0) is 19.1 Å². The minimum absolute atomic E-state index is 0.0392. The molecule has 0 amide bonds. The van der Waals surface area contributed by atoms with Crippen molar-refractivity contribution in [2.45, 2.75) is 6.92 Å². The van der Waals surface area contributed by atoms with Gasteiger partial charge in [-0.25, -0.2) is 9.59 Å². The van der Waals surface area contributed by atoms with Crippen molar-refractivity contribution in [3.63, 3.8) is 0 Å². The summed E-state index contributed by atoms with van der Waals surface area (Å²) in [4.78, 5) is 46.7. The summed E-state index contributed by atoms with van der Waals surface area (Å²) in [5.41, 5.74) is -1.55. The molecule has 1 aromatic carbocycles. The average molecular weight is 389 g/mol. The zero-order chi connectivity index (χ0) is 21.0. The summed E-state index contributed by atoms with van der Waals surface area (Å²) in [6.07, 6.45) is 5.52. The number of allylic oxidation sites excluding steroid dienone is 2. The van der Waals surface area contributed by atoms with E-state index in [-0.39, 0.29) is 22.5 Å². The summed E-state index contributed by atoms with van der Waals surface area (Å²) >= 11 is 0. The summed E-state index contributed by atoms with van der Waals surface area (Å²) in [5.74, 6) is -1.80. The molecule has 0 bridgehead atoms. The molecule has 0 fully saturated rings. The topological polar surface area (TPSA) is 142 Å². The molecule has 11 nitrogen and oxygen atoms in total. The predicted octanol–water partition coefficient (Wildman–Crippen LogP) is 2.30. The third-order valence-electron chi connectivity index (χ3n) is 3.89. The van der Waals surface area contributed by atoms with Crippen molar-refractivity contribution >= 4 is 29.0 Å². The Morgan fingerprint density at radius 2 is 1.64 bits per heavy atom. The maximum Gasteiger partial charge on any atom is 0.355 e. The predicted molar refractivity (Wildman–Crippen MR) is 96.3 cm³/mol. The number of carbonyl (C=O) groups excluding carboxylic acids is 2. The number of nitrogens with zero attached hydrogens (tertiary/aromatic N) is 3. The summed E-state index contributed by atoms with van der Waals surface area (Å²) in [6.45, 7) is 1.37. The number of esters is 2. The molecule has 0 radical (unpaired) electrons. The highest BCUT2D eigenvalue weighted by Gasteiger charge is 2.31. The Bertz CT molecular complexity index is 961. The van der Waals surface area contributed by atoms with Gasteiger partial charge in [-0.1, -0.05) is 6.08 Å². The first-order valence-corrected chi connectivity index (χ1v) is 7.71. The maximum atomic E-state index is 12.4. The van der Waals surface area contributed by atoms with Crippen molar-refractivity contribution in [3.05, 3.63) is 73.6 Å². The van der Waals surface area contributed by atoms with Crippen LogP contribution < -0.4 is 4.90 Å². The molecule has 1 heterocycles. The first-order chi connectivity index (χ1) is 13.2. The smallest absolute Gasteiger partial charge is 0.355 e. The highest BCUT2D eigenvalue weighted by Crippen LogP contribution is 2.37. The standard InChI is InChI=1S/C17H15N3O8/c1-10-13(8-11(19(23)24)9-14(10)20(25)26)18-7-5-4-6-12(16(21)27-2)15(18)17(22)28-3/h4-9H,1-3H3. The molecule has 1 aliphatic heterocycles. The van der Waals surface area contributed by atoms with Crippen LogP contribution in [0.15, 0.2) is 47.8 Å². The monoisotopic (exact) mass is 389 g/mol. The number of hydrogen-bond acceptors (Lipinski definition) is 9. The molecule has 0 aromatic heterocycles. The van der Waals surface area contributed by atoms with Crippen molar-refractivity contribution in [3.8, 4) is 0 Å². The molecule has 1 aliphatic rings. The molecule has 28 heavy (non-hydrogen) atoms. The second-order valence-corrected chi connectivity index (χ2v) is 5.44. The van der Waals surface area contributed by atoms with Gasteiger partial charge in [-0.2, -0.15) is 0 Å². The zero-order valence-electron chi connectivity index (χ0n) is 15.1. The van der Waals surface area contributed by atoms with Gasteiger partial charge >= 0.3 is 11.9 Å². The number of anilines is 1. The van der Waals surface area contributed by atoms with E-state index in [4.69, 9.17) is 4.74 Å². The van der Waals surface area contributed by atoms with Gasteiger partial charge in [-0.15, -0.1) is 0 Å². The number of hydrogen-bond donors (Lipinski definition) is 0. The van der Waals surface area contributed by atoms with Crippen LogP contribution in [0.2, 0.25) is 0 Å². The number of rotatable bonds is 5. The molecule has 0 aliphatic carbocycles. The molecule has 0 N–H and O–H groups in total. The van der Waals surface area contributed by atoms with Gasteiger partial charge in [0.05, 0.1) is 47.0 Å². The molecule has 0 unspecified atom stereocenters. The van der Waals surface area contributed by atoms with Crippen LogP contribution in [0.3, 0.4) is 0 Å². The van der Waals surface area contributed by atoms with Gasteiger partial charge in [0.25, 0.3) is 11.4 Å². The number of ether oxygens (including phenoxy) is 2. The Morgan fingerprint density at radius 3 is 2.18 bits per heavy atom. The van der Waals surface area contributed by atoms with Crippen LogP contribution in [0, 0.1) is 27.2 Å². The van der Waals surface area contributed by atoms with Crippen LogP contribution in [-0.4, -0.2) is 36.0 Å². The second kappa shape index (κ2) is 8.12. The van der Waals surface area contributed by atoms with Gasteiger partial charge in [0.2, 0.25) is 0 Å². The Balaban J connectivity index is 2.87. The van der Waals surface area contributed by atoms with E-state index in [0.29, 0.717) is 0 Å². The van der Waals surface area contributed by atoms with E-state index in [0.717, 1.165) is 31.3 Å². The van der Waals surface area contributed by atoms with E-state index in [9.17, 15) is 29.8 Å². The van der Waals surface area contributed by atoms with Crippen molar-refractivity contribution in [1.29, 1.82) is 0 Å². The Kier molecular flexibility index (Phi) is 5.88. The van der Waals surface area contributed by atoms with Crippen LogP contribution in [0.1, 0.15) is 5.56 Å². The molecule has 146 valence electrons. The van der Waals surface area contributed by atoms with Gasteiger partial charge in [0, 0.05) is 12.3 Å². The number of methoxy groups -OCH3 is 2. The van der Waals surface area contributed by atoms with Crippen LogP contribution in [-0.2, 0) is 19.1 Å². The van der Waals surface area contributed by atoms with Gasteiger partial charge in [-0.3, -0.25) is 20.2 Å².